The third-order valence-corrected chi connectivity index (χ3v) is 2.93. The van der Waals surface area contributed by atoms with Gasteiger partial charge in [-0.25, -0.2) is 9.97 Å². The Bertz CT molecular complexity index is 590. The highest BCUT2D eigenvalue weighted by Crippen LogP contribution is 2.01. The van der Waals surface area contributed by atoms with E-state index in [0.717, 1.165) is 18.5 Å². The van der Waals surface area contributed by atoms with Gasteiger partial charge in [0.15, 0.2) is 0 Å². The van der Waals surface area contributed by atoms with E-state index in [1.54, 1.807) is 36.6 Å². The lowest BCUT2D eigenvalue weighted by atomic mass is 10.3. The van der Waals surface area contributed by atoms with Crippen molar-refractivity contribution >= 4 is 17.9 Å². The Morgan fingerprint density at radius 2 is 2.19 bits per heavy atom. The van der Waals surface area contributed by atoms with Crippen molar-refractivity contribution in [3.8, 4) is 0 Å². The molecular weight excluding hydrogens is 268 g/mol. The molecule has 0 saturated heterocycles. The molecule has 0 aliphatic carbocycles. The van der Waals surface area contributed by atoms with E-state index in [9.17, 15) is 4.79 Å². The summed E-state index contributed by atoms with van der Waals surface area (Å²) in [6.07, 6.45) is 10.8. The van der Waals surface area contributed by atoms with Crippen LogP contribution in [0.15, 0.2) is 36.9 Å². The summed E-state index contributed by atoms with van der Waals surface area (Å²) in [5.74, 6) is 0.154. The summed E-state index contributed by atoms with van der Waals surface area (Å²) in [6, 6.07) is 1.88. The van der Waals surface area contributed by atoms with Gasteiger partial charge in [-0.1, -0.05) is 0 Å². The summed E-state index contributed by atoms with van der Waals surface area (Å²) >= 11 is 0. The second-order valence-electron chi connectivity index (χ2n) is 4.59. The minimum absolute atomic E-state index is 0.0627. The number of anilines is 1. The highest BCUT2D eigenvalue weighted by molar-refractivity contribution is 5.91. The first kappa shape index (κ1) is 14.7. The van der Waals surface area contributed by atoms with Crippen LogP contribution in [0.1, 0.15) is 12.0 Å². The molecular formula is C14H18N6O. The number of rotatable bonds is 6. The fraction of sp³-hybridized carbons (Fsp3) is 0.286. The molecule has 0 radical (unpaired) electrons. The average molecular weight is 286 g/mol. The van der Waals surface area contributed by atoms with Crippen LogP contribution in [-0.2, 0) is 11.3 Å². The molecule has 0 unspecified atom stereocenters. The van der Waals surface area contributed by atoms with Gasteiger partial charge in [-0.2, -0.15) is 5.10 Å². The molecule has 0 saturated carbocycles. The minimum atomic E-state index is -0.0627. The maximum absolute atomic E-state index is 11.9. The van der Waals surface area contributed by atoms with Crippen LogP contribution in [0.3, 0.4) is 0 Å². The minimum Gasteiger partial charge on any atom is -0.368 e. The normalized spacial score (nSPS) is 10.9. The molecule has 0 aliphatic heterocycles. The first-order valence-electron chi connectivity index (χ1n) is 6.63. The Morgan fingerprint density at radius 1 is 1.43 bits per heavy atom. The van der Waals surface area contributed by atoms with Crippen molar-refractivity contribution in [3.05, 3.63) is 42.5 Å². The second kappa shape index (κ2) is 7.18. The maximum atomic E-state index is 11.9. The van der Waals surface area contributed by atoms with Gasteiger partial charge in [0.25, 0.3) is 0 Å². The highest BCUT2D eigenvalue weighted by atomic mass is 16.2. The number of likely N-dealkylation sites (N-methyl/N-ethyl adjacent to an activating group) is 1. The zero-order valence-corrected chi connectivity index (χ0v) is 11.9. The van der Waals surface area contributed by atoms with E-state index < -0.39 is 0 Å². The van der Waals surface area contributed by atoms with Crippen LogP contribution in [0.25, 0.3) is 6.08 Å². The molecule has 0 aliphatic rings. The van der Waals surface area contributed by atoms with Crippen LogP contribution in [0.2, 0.25) is 0 Å². The molecule has 21 heavy (non-hydrogen) atoms. The standard InChI is InChI=1S/C14H18N6O/c1-19(7-3-9-20-8-2-6-18-20)13(21)5-4-12-10-16-14(15)17-11-12/h2,4-6,8,10-11H,3,7,9H2,1H3,(H2,15,16,17). The number of nitrogens with zero attached hydrogens (tertiary/aromatic N) is 5. The monoisotopic (exact) mass is 286 g/mol. The van der Waals surface area contributed by atoms with Gasteiger partial charge in [-0.3, -0.25) is 9.48 Å². The summed E-state index contributed by atoms with van der Waals surface area (Å²) in [6.45, 7) is 1.46. The molecule has 110 valence electrons. The van der Waals surface area contributed by atoms with Crippen molar-refractivity contribution in [2.24, 2.45) is 0 Å². The average Bonchev–Trinajstić information content (AvgIpc) is 2.99. The maximum Gasteiger partial charge on any atom is 0.246 e. The number of hydrogen-bond donors (Lipinski definition) is 1. The van der Waals surface area contributed by atoms with E-state index in [2.05, 4.69) is 15.1 Å². The van der Waals surface area contributed by atoms with Gasteiger partial charge < -0.3 is 10.6 Å². The van der Waals surface area contributed by atoms with Crippen molar-refractivity contribution in [3.63, 3.8) is 0 Å². The van der Waals surface area contributed by atoms with E-state index in [4.69, 9.17) is 5.73 Å². The molecule has 2 rings (SSSR count). The molecule has 2 heterocycles. The van der Waals surface area contributed by atoms with Crippen LogP contribution >= 0.6 is 0 Å². The highest BCUT2D eigenvalue weighted by Gasteiger charge is 2.04. The fourth-order valence-corrected chi connectivity index (χ4v) is 1.74. The predicted molar refractivity (Wildman–Crippen MR) is 80.0 cm³/mol. The lowest BCUT2D eigenvalue weighted by Crippen LogP contribution is -2.26. The Labute approximate surface area is 123 Å². The molecule has 7 nitrogen and oxygen atoms in total. The van der Waals surface area contributed by atoms with Crippen molar-refractivity contribution in [2.45, 2.75) is 13.0 Å². The summed E-state index contributed by atoms with van der Waals surface area (Å²) in [5, 5.41) is 4.12. The van der Waals surface area contributed by atoms with Gasteiger partial charge in [0.2, 0.25) is 11.9 Å². The largest absolute Gasteiger partial charge is 0.368 e. The van der Waals surface area contributed by atoms with Gasteiger partial charge in [0, 0.05) is 56.6 Å². The molecule has 0 bridgehead atoms. The van der Waals surface area contributed by atoms with Crippen molar-refractivity contribution in [1.82, 2.24) is 24.6 Å². The van der Waals surface area contributed by atoms with E-state index in [0.29, 0.717) is 6.54 Å². The van der Waals surface area contributed by atoms with Crippen LogP contribution in [0, 0.1) is 0 Å². The lowest BCUT2D eigenvalue weighted by molar-refractivity contribution is -0.124. The summed E-state index contributed by atoms with van der Waals surface area (Å²) in [5.41, 5.74) is 6.14. The van der Waals surface area contributed by atoms with Crippen LogP contribution in [0.5, 0.6) is 0 Å². The molecule has 0 aromatic carbocycles. The molecule has 0 fully saturated rings. The van der Waals surface area contributed by atoms with Crippen LogP contribution in [-0.4, -0.2) is 44.1 Å². The first-order valence-corrected chi connectivity index (χ1v) is 6.63. The lowest BCUT2D eigenvalue weighted by Gasteiger charge is -2.14. The van der Waals surface area contributed by atoms with E-state index >= 15 is 0 Å². The molecule has 0 atom stereocenters. The predicted octanol–water partition coefficient (Wildman–Crippen LogP) is 0.817. The molecule has 2 aromatic rings. The summed E-state index contributed by atoms with van der Waals surface area (Å²) in [4.78, 5) is 21.3. The number of carbonyl (C=O) groups is 1. The number of nitrogens with two attached hydrogens (primary N) is 1. The first-order chi connectivity index (χ1) is 10.1. The molecule has 1 amide bonds. The van der Waals surface area contributed by atoms with Crippen molar-refractivity contribution in [1.29, 1.82) is 0 Å². The van der Waals surface area contributed by atoms with Crippen molar-refractivity contribution in [2.75, 3.05) is 19.3 Å². The smallest absolute Gasteiger partial charge is 0.246 e. The summed E-state index contributed by atoms with van der Waals surface area (Å²) in [7, 11) is 1.77. The Hall–Kier alpha value is -2.70. The van der Waals surface area contributed by atoms with Gasteiger partial charge in [0.1, 0.15) is 0 Å². The van der Waals surface area contributed by atoms with Crippen LogP contribution < -0.4 is 5.73 Å². The van der Waals surface area contributed by atoms with E-state index in [1.165, 1.54) is 6.08 Å². The van der Waals surface area contributed by atoms with Gasteiger partial charge in [-0.15, -0.1) is 0 Å². The number of carbonyl (C=O) groups excluding carboxylic acids is 1. The van der Waals surface area contributed by atoms with Gasteiger partial charge >= 0.3 is 0 Å². The zero-order chi connectivity index (χ0) is 15.1. The number of nitrogen functional groups attached to an aromatic ring is 1. The van der Waals surface area contributed by atoms with Gasteiger partial charge in [-0.05, 0) is 18.6 Å². The van der Waals surface area contributed by atoms with Gasteiger partial charge in [0.05, 0.1) is 0 Å². The molecule has 2 aromatic heterocycles. The third-order valence-electron chi connectivity index (χ3n) is 2.93. The van der Waals surface area contributed by atoms with E-state index in [-0.39, 0.29) is 11.9 Å². The topological polar surface area (TPSA) is 89.9 Å². The zero-order valence-electron chi connectivity index (χ0n) is 11.9. The Balaban J connectivity index is 1.77. The van der Waals surface area contributed by atoms with Crippen molar-refractivity contribution < 1.29 is 4.79 Å². The fourth-order valence-electron chi connectivity index (χ4n) is 1.74. The Morgan fingerprint density at radius 3 is 2.86 bits per heavy atom. The molecule has 7 heteroatoms. The number of hydrogen-bond acceptors (Lipinski definition) is 5. The molecule has 2 N–H and O–H groups in total. The molecule has 0 spiro atoms. The SMILES string of the molecule is CN(CCCn1cccn1)C(=O)C=Cc1cnc(N)nc1. The number of amides is 1. The second-order valence-corrected chi connectivity index (χ2v) is 4.59. The van der Waals surface area contributed by atoms with Crippen LogP contribution in [0.4, 0.5) is 5.95 Å². The quantitative estimate of drug-likeness (QED) is 0.794. The Kier molecular flexibility index (Phi) is 5.03. The third kappa shape index (κ3) is 4.72. The number of aromatic nitrogens is 4. The number of aryl methyl sites for hydroxylation is 1. The van der Waals surface area contributed by atoms with E-state index in [1.807, 2.05) is 16.9 Å². The summed E-state index contributed by atoms with van der Waals surface area (Å²) < 4.78 is 1.85.